The Kier molecular flexibility index (Phi) is 5.18. The van der Waals surface area contributed by atoms with Crippen molar-refractivity contribution in [1.29, 1.82) is 0 Å². The van der Waals surface area contributed by atoms with Gasteiger partial charge in [0.15, 0.2) is 17.3 Å². The second-order valence-electron chi connectivity index (χ2n) is 5.62. The highest BCUT2D eigenvalue weighted by Crippen LogP contribution is 2.32. The van der Waals surface area contributed by atoms with Crippen molar-refractivity contribution < 1.29 is 23.8 Å². The third kappa shape index (κ3) is 4.29. The molecule has 6 heteroatoms. The summed E-state index contributed by atoms with van der Waals surface area (Å²) in [5, 5.41) is 2.81. The van der Waals surface area contributed by atoms with Crippen LogP contribution < -0.4 is 19.5 Å². The maximum absolute atomic E-state index is 12.2. The summed E-state index contributed by atoms with van der Waals surface area (Å²) >= 11 is 0. The molecule has 0 fully saturated rings. The maximum Gasteiger partial charge on any atom is 0.231 e. The number of fused-ring (bicyclic) bond motifs is 1. The molecule has 0 radical (unpaired) electrons. The lowest BCUT2D eigenvalue weighted by atomic mass is 10.1. The van der Waals surface area contributed by atoms with E-state index in [1.807, 2.05) is 18.2 Å². The van der Waals surface area contributed by atoms with Crippen LogP contribution >= 0.6 is 0 Å². The molecule has 0 saturated carbocycles. The van der Waals surface area contributed by atoms with Crippen LogP contribution in [0.2, 0.25) is 0 Å². The van der Waals surface area contributed by atoms with Crippen molar-refractivity contribution in [3.63, 3.8) is 0 Å². The van der Waals surface area contributed by atoms with E-state index in [1.54, 1.807) is 31.4 Å². The molecule has 0 saturated heterocycles. The van der Waals surface area contributed by atoms with Gasteiger partial charge in [-0.1, -0.05) is 18.2 Å². The number of benzene rings is 2. The molecule has 0 bridgehead atoms. The zero-order valence-electron chi connectivity index (χ0n) is 13.9. The number of methoxy groups -OCH3 is 1. The van der Waals surface area contributed by atoms with Crippen LogP contribution in [0.1, 0.15) is 28.8 Å². The molecule has 6 nitrogen and oxygen atoms in total. The lowest BCUT2D eigenvalue weighted by molar-refractivity contribution is -0.121. The zero-order chi connectivity index (χ0) is 17.6. The molecule has 0 aliphatic carbocycles. The molecular formula is C19H19NO5. The Morgan fingerprint density at radius 2 is 1.92 bits per heavy atom. The Bertz CT molecular complexity index is 787. The van der Waals surface area contributed by atoms with Gasteiger partial charge in [0.1, 0.15) is 5.75 Å². The minimum atomic E-state index is -0.172. The van der Waals surface area contributed by atoms with Gasteiger partial charge >= 0.3 is 0 Å². The van der Waals surface area contributed by atoms with E-state index >= 15 is 0 Å². The second-order valence-corrected chi connectivity index (χ2v) is 5.62. The van der Waals surface area contributed by atoms with Gasteiger partial charge in [0.2, 0.25) is 12.7 Å². The van der Waals surface area contributed by atoms with E-state index in [-0.39, 0.29) is 31.3 Å². The first-order valence-corrected chi connectivity index (χ1v) is 7.98. The van der Waals surface area contributed by atoms with Gasteiger partial charge in [-0.2, -0.15) is 0 Å². The summed E-state index contributed by atoms with van der Waals surface area (Å²) in [6.45, 7) is 0.598. The molecule has 1 heterocycles. The van der Waals surface area contributed by atoms with E-state index in [1.165, 1.54) is 0 Å². The minimum Gasteiger partial charge on any atom is -0.497 e. The lowest BCUT2D eigenvalue weighted by Gasteiger charge is -2.07. The second kappa shape index (κ2) is 7.70. The highest BCUT2D eigenvalue weighted by atomic mass is 16.7. The predicted molar refractivity (Wildman–Crippen MR) is 91.0 cm³/mol. The predicted octanol–water partition coefficient (Wildman–Crippen LogP) is 2.70. The molecule has 130 valence electrons. The Morgan fingerprint density at radius 1 is 1.08 bits per heavy atom. The molecule has 0 atom stereocenters. The van der Waals surface area contributed by atoms with Crippen molar-refractivity contribution >= 4 is 11.7 Å². The minimum absolute atomic E-state index is 0.0860. The first kappa shape index (κ1) is 16.8. The molecule has 3 rings (SSSR count). The Morgan fingerprint density at radius 3 is 2.76 bits per heavy atom. The lowest BCUT2D eigenvalue weighted by Crippen LogP contribution is -2.23. The van der Waals surface area contributed by atoms with Gasteiger partial charge in [0.25, 0.3) is 0 Å². The van der Waals surface area contributed by atoms with E-state index < -0.39 is 0 Å². The summed E-state index contributed by atoms with van der Waals surface area (Å²) in [5.74, 6) is 1.75. The standard InChI is InChI=1S/C19H19NO5/c1-23-15-4-2-3-14(10-15)16(21)6-8-19(22)20-11-13-5-7-17-18(9-13)25-12-24-17/h2-5,7,9-10H,6,8,11-12H2,1H3,(H,20,22). The molecule has 25 heavy (non-hydrogen) atoms. The van der Waals surface area contributed by atoms with E-state index in [4.69, 9.17) is 14.2 Å². The van der Waals surface area contributed by atoms with E-state index in [9.17, 15) is 9.59 Å². The van der Waals surface area contributed by atoms with Gasteiger partial charge in [-0.15, -0.1) is 0 Å². The number of carbonyl (C=O) groups is 2. The molecule has 2 aromatic rings. The number of amides is 1. The fourth-order valence-electron chi connectivity index (χ4n) is 2.51. The fraction of sp³-hybridized carbons (Fsp3) is 0.263. The summed E-state index contributed by atoms with van der Waals surface area (Å²) in [6.07, 6.45) is 0.292. The smallest absolute Gasteiger partial charge is 0.231 e. The zero-order valence-corrected chi connectivity index (χ0v) is 13.9. The highest BCUT2D eigenvalue weighted by molar-refractivity contribution is 5.98. The summed E-state index contributed by atoms with van der Waals surface area (Å²) in [6, 6.07) is 12.4. The molecule has 1 aliphatic rings. The number of carbonyl (C=O) groups excluding carboxylic acids is 2. The van der Waals surface area contributed by atoms with E-state index in [2.05, 4.69) is 5.32 Å². The molecule has 0 aromatic heterocycles. The van der Waals surface area contributed by atoms with Crippen LogP contribution in [0.4, 0.5) is 0 Å². The number of ketones is 1. The molecule has 0 unspecified atom stereocenters. The third-order valence-corrected chi connectivity index (χ3v) is 3.90. The van der Waals surface area contributed by atoms with Crippen molar-refractivity contribution in [2.24, 2.45) is 0 Å². The van der Waals surface area contributed by atoms with Gasteiger partial charge in [0.05, 0.1) is 7.11 Å². The van der Waals surface area contributed by atoms with Crippen LogP contribution in [-0.4, -0.2) is 25.6 Å². The van der Waals surface area contributed by atoms with Gasteiger partial charge in [0, 0.05) is 24.9 Å². The van der Waals surface area contributed by atoms with Crippen LogP contribution in [0.3, 0.4) is 0 Å². The first-order chi connectivity index (χ1) is 12.2. The Hall–Kier alpha value is -3.02. The largest absolute Gasteiger partial charge is 0.497 e. The number of ether oxygens (including phenoxy) is 3. The fourth-order valence-corrected chi connectivity index (χ4v) is 2.51. The number of hydrogen-bond donors (Lipinski definition) is 1. The van der Waals surface area contributed by atoms with Gasteiger partial charge in [-0.3, -0.25) is 9.59 Å². The molecule has 1 N–H and O–H groups in total. The van der Waals surface area contributed by atoms with Crippen LogP contribution in [0, 0.1) is 0 Å². The number of rotatable bonds is 7. The van der Waals surface area contributed by atoms with Crippen LogP contribution in [0.25, 0.3) is 0 Å². The maximum atomic E-state index is 12.2. The summed E-state index contributed by atoms with van der Waals surface area (Å²) in [7, 11) is 1.55. The number of Topliss-reactive ketones (excluding diaryl/α,β-unsaturated/α-hetero) is 1. The van der Waals surface area contributed by atoms with Crippen molar-refractivity contribution in [2.75, 3.05) is 13.9 Å². The average molecular weight is 341 g/mol. The highest BCUT2D eigenvalue weighted by Gasteiger charge is 2.14. The van der Waals surface area contributed by atoms with Crippen molar-refractivity contribution in [3.05, 3.63) is 53.6 Å². The first-order valence-electron chi connectivity index (χ1n) is 7.98. The third-order valence-electron chi connectivity index (χ3n) is 3.90. The van der Waals surface area contributed by atoms with E-state index in [0.29, 0.717) is 29.4 Å². The molecular weight excluding hydrogens is 322 g/mol. The summed E-state index contributed by atoms with van der Waals surface area (Å²) < 4.78 is 15.6. The molecule has 0 spiro atoms. The molecule has 1 amide bonds. The van der Waals surface area contributed by atoms with Crippen molar-refractivity contribution in [1.82, 2.24) is 5.32 Å². The van der Waals surface area contributed by atoms with E-state index in [0.717, 1.165) is 5.56 Å². The van der Waals surface area contributed by atoms with Crippen LogP contribution in [-0.2, 0) is 11.3 Å². The van der Waals surface area contributed by atoms with Gasteiger partial charge in [-0.05, 0) is 29.8 Å². The van der Waals surface area contributed by atoms with Crippen molar-refractivity contribution in [2.45, 2.75) is 19.4 Å². The van der Waals surface area contributed by atoms with Crippen LogP contribution in [0.5, 0.6) is 17.2 Å². The van der Waals surface area contributed by atoms with Gasteiger partial charge < -0.3 is 19.5 Å². The Labute approximate surface area is 145 Å². The Balaban J connectivity index is 1.47. The topological polar surface area (TPSA) is 73.9 Å². The molecule has 2 aromatic carbocycles. The molecule has 1 aliphatic heterocycles. The normalized spacial score (nSPS) is 11.9. The number of nitrogens with one attached hydrogen (secondary N) is 1. The number of hydrogen-bond acceptors (Lipinski definition) is 5. The summed E-state index contributed by atoms with van der Waals surface area (Å²) in [5.41, 5.74) is 1.46. The SMILES string of the molecule is COc1cccc(C(=O)CCC(=O)NCc2ccc3c(c2)OCO3)c1. The van der Waals surface area contributed by atoms with Gasteiger partial charge in [-0.25, -0.2) is 0 Å². The van der Waals surface area contributed by atoms with Crippen molar-refractivity contribution in [3.8, 4) is 17.2 Å². The van der Waals surface area contributed by atoms with Crippen LogP contribution in [0.15, 0.2) is 42.5 Å². The monoisotopic (exact) mass is 341 g/mol. The average Bonchev–Trinajstić information content (AvgIpc) is 3.12. The quantitative estimate of drug-likeness (QED) is 0.784. The summed E-state index contributed by atoms with van der Waals surface area (Å²) in [4.78, 5) is 24.1.